The molecule has 0 spiro atoms. The van der Waals surface area contributed by atoms with Gasteiger partial charge >= 0.3 is 0 Å². The summed E-state index contributed by atoms with van der Waals surface area (Å²) in [5, 5.41) is 5.69. The predicted octanol–water partition coefficient (Wildman–Crippen LogP) is 4.27. The van der Waals surface area contributed by atoms with Gasteiger partial charge in [0.25, 0.3) is 5.91 Å². The fraction of sp³-hybridized carbons (Fsp3) is 0.273. The third-order valence-electron chi connectivity index (χ3n) is 4.02. The summed E-state index contributed by atoms with van der Waals surface area (Å²) in [4.78, 5) is 24.1. The van der Waals surface area contributed by atoms with E-state index in [-0.39, 0.29) is 17.9 Å². The van der Waals surface area contributed by atoms with E-state index in [0.29, 0.717) is 17.9 Å². The van der Waals surface area contributed by atoms with E-state index < -0.39 is 0 Å². The van der Waals surface area contributed by atoms with Crippen LogP contribution in [0.15, 0.2) is 54.6 Å². The Labute approximate surface area is 160 Å². The number of carbonyl (C=O) groups is 2. The van der Waals surface area contributed by atoms with Crippen LogP contribution < -0.4 is 15.4 Å². The van der Waals surface area contributed by atoms with E-state index in [2.05, 4.69) is 10.6 Å². The summed E-state index contributed by atoms with van der Waals surface area (Å²) in [5.41, 5.74) is 2.11. The zero-order valence-corrected chi connectivity index (χ0v) is 16.0. The van der Waals surface area contributed by atoms with Crippen molar-refractivity contribution < 1.29 is 14.3 Å². The molecular formula is C22H26N2O3. The monoisotopic (exact) mass is 366 g/mol. The third kappa shape index (κ3) is 6.62. The Hall–Kier alpha value is -3.08. The Balaban J connectivity index is 1.90. The van der Waals surface area contributed by atoms with Gasteiger partial charge in [0, 0.05) is 23.4 Å². The molecule has 2 N–H and O–H groups in total. The molecule has 2 amide bonds. The van der Waals surface area contributed by atoms with Gasteiger partial charge in [-0.05, 0) is 68.3 Å². The first-order chi connectivity index (χ1) is 13.0. The van der Waals surface area contributed by atoms with Crippen LogP contribution in [0, 0.1) is 0 Å². The van der Waals surface area contributed by atoms with E-state index in [1.807, 2.05) is 45.0 Å². The van der Waals surface area contributed by atoms with Gasteiger partial charge in [0.15, 0.2) is 0 Å². The number of amides is 2. The minimum Gasteiger partial charge on any atom is -0.494 e. The van der Waals surface area contributed by atoms with Gasteiger partial charge in [0.1, 0.15) is 5.75 Å². The van der Waals surface area contributed by atoms with Gasteiger partial charge in [0.05, 0.1) is 6.61 Å². The number of hydrogen-bond acceptors (Lipinski definition) is 3. The molecular weight excluding hydrogens is 340 g/mol. The number of carbonyl (C=O) groups excluding carboxylic acids is 2. The van der Waals surface area contributed by atoms with Crippen LogP contribution in [0.1, 0.15) is 43.1 Å². The minimum absolute atomic E-state index is 0.113. The highest BCUT2D eigenvalue weighted by atomic mass is 16.5. The molecule has 2 aromatic carbocycles. The molecule has 5 nitrogen and oxygen atoms in total. The maximum atomic E-state index is 12.1. The number of benzene rings is 2. The molecule has 0 aliphatic rings. The number of rotatable bonds is 8. The van der Waals surface area contributed by atoms with Gasteiger partial charge < -0.3 is 15.4 Å². The SMILES string of the molecule is CCOc1ccc(/C=C/C(=O)Nc2ccc(C(=O)NC(C)CC)cc2)cc1. The van der Waals surface area contributed by atoms with Crippen LogP contribution in [0.4, 0.5) is 5.69 Å². The van der Waals surface area contributed by atoms with E-state index in [1.165, 1.54) is 6.08 Å². The molecule has 0 saturated heterocycles. The Bertz CT molecular complexity index is 780. The molecule has 1 atom stereocenters. The van der Waals surface area contributed by atoms with Crippen molar-refractivity contribution in [1.29, 1.82) is 0 Å². The average Bonchev–Trinajstić information content (AvgIpc) is 2.68. The lowest BCUT2D eigenvalue weighted by Gasteiger charge is -2.11. The van der Waals surface area contributed by atoms with E-state index in [4.69, 9.17) is 4.74 Å². The van der Waals surface area contributed by atoms with Crippen LogP contribution in [0.3, 0.4) is 0 Å². The largest absolute Gasteiger partial charge is 0.494 e. The van der Waals surface area contributed by atoms with Gasteiger partial charge in [-0.1, -0.05) is 19.1 Å². The van der Waals surface area contributed by atoms with Crippen molar-refractivity contribution in [2.75, 3.05) is 11.9 Å². The number of anilines is 1. The van der Waals surface area contributed by atoms with Gasteiger partial charge in [-0.25, -0.2) is 0 Å². The second-order valence-electron chi connectivity index (χ2n) is 6.18. The molecule has 142 valence electrons. The highest BCUT2D eigenvalue weighted by Gasteiger charge is 2.08. The topological polar surface area (TPSA) is 67.4 Å². The van der Waals surface area contributed by atoms with Crippen molar-refractivity contribution >= 4 is 23.6 Å². The second-order valence-corrected chi connectivity index (χ2v) is 6.18. The molecule has 0 aromatic heterocycles. The number of ether oxygens (including phenoxy) is 1. The Kier molecular flexibility index (Phi) is 7.62. The zero-order valence-electron chi connectivity index (χ0n) is 16.0. The Morgan fingerprint density at radius 3 is 2.30 bits per heavy atom. The highest BCUT2D eigenvalue weighted by molar-refractivity contribution is 6.02. The van der Waals surface area contributed by atoms with Crippen molar-refractivity contribution in [2.45, 2.75) is 33.2 Å². The maximum absolute atomic E-state index is 12.1. The van der Waals surface area contributed by atoms with Crippen molar-refractivity contribution in [2.24, 2.45) is 0 Å². The summed E-state index contributed by atoms with van der Waals surface area (Å²) in [6, 6.07) is 14.5. The molecule has 0 heterocycles. The summed E-state index contributed by atoms with van der Waals surface area (Å²) in [7, 11) is 0. The molecule has 2 aromatic rings. The Morgan fingerprint density at radius 2 is 1.70 bits per heavy atom. The van der Waals surface area contributed by atoms with E-state index in [0.717, 1.165) is 17.7 Å². The normalized spacial score (nSPS) is 11.8. The fourth-order valence-electron chi connectivity index (χ4n) is 2.31. The van der Waals surface area contributed by atoms with Crippen molar-refractivity contribution in [3.63, 3.8) is 0 Å². The van der Waals surface area contributed by atoms with Crippen LogP contribution in [-0.2, 0) is 4.79 Å². The fourth-order valence-corrected chi connectivity index (χ4v) is 2.31. The van der Waals surface area contributed by atoms with Crippen molar-refractivity contribution in [3.8, 4) is 5.75 Å². The smallest absolute Gasteiger partial charge is 0.251 e. The first-order valence-electron chi connectivity index (χ1n) is 9.14. The number of nitrogens with one attached hydrogen (secondary N) is 2. The molecule has 1 unspecified atom stereocenters. The Morgan fingerprint density at radius 1 is 1.04 bits per heavy atom. The van der Waals surface area contributed by atoms with Gasteiger partial charge in [0.2, 0.25) is 5.91 Å². The molecule has 0 radical (unpaired) electrons. The van der Waals surface area contributed by atoms with Crippen LogP contribution in [0.2, 0.25) is 0 Å². The summed E-state index contributed by atoms with van der Waals surface area (Å²) >= 11 is 0. The molecule has 2 rings (SSSR count). The van der Waals surface area contributed by atoms with Crippen LogP contribution in [-0.4, -0.2) is 24.5 Å². The lowest BCUT2D eigenvalue weighted by atomic mass is 10.1. The summed E-state index contributed by atoms with van der Waals surface area (Å²) in [6.45, 7) is 6.53. The minimum atomic E-state index is -0.235. The van der Waals surface area contributed by atoms with Crippen molar-refractivity contribution in [1.82, 2.24) is 5.32 Å². The molecule has 0 aliphatic carbocycles. The molecule has 0 aliphatic heterocycles. The summed E-state index contributed by atoms with van der Waals surface area (Å²) < 4.78 is 5.39. The standard InChI is InChI=1S/C22H26N2O3/c1-4-16(3)23-22(26)18-9-11-19(12-10-18)24-21(25)15-8-17-6-13-20(14-7-17)27-5-2/h6-16H,4-5H2,1-3H3,(H,23,26)(H,24,25)/b15-8+. The summed E-state index contributed by atoms with van der Waals surface area (Å²) in [6.07, 6.45) is 4.08. The van der Waals surface area contributed by atoms with Crippen LogP contribution >= 0.6 is 0 Å². The maximum Gasteiger partial charge on any atom is 0.251 e. The quantitative estimate of drug-likeness (QED) is 0.686. The van der Waals surface area contributed by atoms with Crippen LogP contribution in [0.25, 0.3) is 6.08 Å². The van der Waals surface area contributed by atoms with Gasteiger partial charge in [-0.2, -0.15) is 0 Å². The first kappa shape index (κ1) is 20.2. The molecule has 0 bridgehead atoms. The second kappa shape index (κ2) is 10.2. The summed E-state index contributed by atoms with van der Waals surface area (Å²) in [5.74, 6) is 0.454. The molecule has 0 saturated carbocycles. The molecule has 5 heteroatoms. The van der Waals surface area contributed by atoms with E-state index >= 15 is 0 Å². The number of hydrogen-bond donors (Lipinski definition) is 2. The van der Waals surface area contributed by atoms with Gasteiger partial charge in [-0.3, -0.25) is 9.59 Å². The highest BCUT2D eigenvalue weighted by Crippen LogP contribution is 2.14. The third-order valence-corrected chi connectivity index (χ3v) is 4.02. The lowest BCUT2D eigenvalue weighted by Crippen LogP contribution is -2.31. The first-order valence-corrected chi connectivity index (χ1v) is 9.14. The average molecular weight is 366 g/mol. The zero-order chi connectivity index (χ0) is 19.6. The molecule has 0 fully saturated rings. The van der Waals surface area contributed by atoms with Gasteiger partial charge in [-0.15, -0.1) is 0 Å². The van der Waals surface area contributed by atoms with E-state index in [9.17, 15) is 9.59 Å². The van der Waals surface area contributed by atoms with E-state index in [1.54, 1.807) is 30.3 Å². The van der Waals surface area contributed by atoms with Crippen molar-refractivity contribution in [3.05, 3.63) is 65.7 Å². The van der Waals surface area contributed by atoms with Crippen LogP contribution in [0.5, 0.6) is 5.75 Å². The molecule has 27 heavy (non-hydrogen) atoms. The lowest BCUT2D eigenvalue weighted by molar-refractivity contribution is -0.111. The predicted molar refractivity (Wildman–Crippen MR) is 109 cm³/mol.